The van der Waals surface area contributed by atoms with Gasteiger partial charge in [-0.1, -0.05) is 33.6 Å². The van der Waals surface area contributed by atoms with Gasteiger partial charge in [-0.2, -0.15) is 0 Å². The Bertz CT molecular complexity index is 638. The monoisotopic (exact) mass is 318 g/mol. The van der Waals surface area contributed by atoms with E-state index in [2.05, 4.69) is 15.9 Å². The molecule has 0 unspecified atom stereocenters. The maximum Gasteiger partial charge on any atom is 0.138 e. The lowest BCUT2D eigenvalue weighted by atomic mass is 10.1. The van der Waals surface area contributed by atoms with Crippen molar-refractivity contribution in [1.29, 1.82) is 5.41 Å². The van der Waals surface area contributed by atoms with Crippen LogP contribution in [0.1, 0.15) is 16.7 Å². The molecule has 0 fully saturated rings. The van der Waals surface area contributed by atoms with Gasteiger partial charge in [0.05, 0.1) is 5.56 Å². The molecule has 0 radical (unpaired) electrons. The van der Waals surface area contributed by atoms with E-state index in [-0.39, 0.29) is 5.84 Å². The van der Waals surface area contributed by atoms with E-state index in [0.717, 1.165) is 21.3 Å². The number of amidine groups is 1. The lowest BCUT2D eigenvalue weighted by Gasteiger charge is -2.13. The smallest absolute Gasteiger partial charge is 0.138 e. The lowest BCUT2D eigenvalue weighted by Crippen LogP contribution is -2.12. The second kappa shape index (κ2) is 5.45. The predicted molar refractivity (Wildman–Crippen MR) is 81.1 cm³/mol. The highest BCUT2D eigenvalue weighted by atomic mass is 79.9. The number of aryl methyl sites for hydroxylation is 2. The zero-order valence-electron chi connectivity index (χ0n) is 10.8. The molecule has 2 aromatic rings. The van der Waals surface area contributed by atoms with E-state index < -0.39 is 0 Å². The van der Waals surface area contributed by atoms with Crippen LogP contribution < -0.4 is 10.5 Å². The van der Waals surface area contributed by atoms with Gasteiger partial charge in [0.1, 0.15) is 17.3 Å². The van der Waals surface area contributed by atoms with Crippen molar-refractivity contribution >= 4 is 21.8 Å². The van der Waals surface area contributed by atoms with E-state index in [1.165, 1.54) is 0 Å². The van der Waals surface area contributed by atoms with Gasteiger partial charge < -0.3 is 10.5 Å². The third kappa shape index (κ3) is 3.15. The molecular formula is C15H15BrN2O. The summed E-state index contributed by atoms with van der Waals surface area (Å²) in [5, 5.41) is 7.62. The molecule has 0 atom stereocenters. The van der Waals surface area contributed by atoms with Crippen LogP contribution in [-0.4, -0.2) is 5.84 Å². The topological polar surface area (TPSA) is 59.1 Å². The summed E-state index contributed by atoms with van der Waals surface area (Å²) in [4.78, 5) is 0. The normalized spacial score (nSPS) is 10.3. The average molecular weight is 319 g/mol. The van der Waals surface area contributed by atoms with Gasteiger partial charge in [-0.3, -0.25) is 5.41 Å². The zero-order chi connectivity index (χ0) is 14.0. The Morgan fingerprint density at radius 3 is 2.53 bits per heavy atom. The van der Waals surface area contributed by atoms with Gasteiger partial charge in [0.2, 0.25) is 0 Å². The maximum atomic E-state index is 7.62. The molecule has 0 bridgehead atoms. The fraction of sp³-hybridized carbons (Fsp3) is 0.133. The molecule has 0 aliphatic rings. The quantitative estimate of drug-likeness (QED) is 0.660. The van der Waals surface area contributed by atoms with Crippen molar-refractivity contribution in [3.63, 3.8) is 0 Å². The number of hydrogen-bond donors (Lipinski definition) is 2. The van der Waals surface area contributed by atoms with Gasteiger partial charge in [-0.25, -0.2) is 0 Å². The number of nitrogens with one attached hydrogen (secondary N) is 1. The van der Waals surface area contributed by atoms with Gasteiger partial charge in [-0.05, 0) is 43.7 Å². The summed E-state index contributed by atoms with van der Waals surface area (Å²) in [6.07, 6.45) is 0. The number of ether oxygens (including phenoxy) is 1. The summed E-state index contributed by atoms with van der Waals surface area (Å²) in [5.74, 6) is 1.35. The second-order valence-corrected chi connectivity index (χ2v) is 5.34. The Morgan fingerprint density at radius 2 is 1.84 bits per heavy atom. The van der Waals surface area contributed by atoms with Gasteiger partial charge in [0, 0.05) is 4.47 Å². The largest absolute Gasteiger partial charge is 0.456 e. The SMILES string of the molecule is Cc1ccc(Oc2cc(Br)ccc2C)c(C(=N)N)c1. The van der Waals surface area contributed by atoms with E-state index in [4.69, 9.17) is 15.9 Å². The van der Waals surface area contributed by atoms with Crippen LogP contribution in [0.5, 0.6) is 11.5 Å². The number of benzene rings is 2. The summed E-state index contributed by atoms with van der Waals surface area (Å²) in [7, 11) is 0. The minimum absolute atomic E-state index is 0.00588. The van der Waals surface area contributed by atoms with Crippen LogP contribution in [0.2, 0.25) is 0 Å². The molecule has 0 amide bonds. The third-order valence-corrected chi connectivity index (χ3v) is 3.29. The van der Waals surface area contributed by atoms with Crippen molar-refractivity contribution in [1.82, 2.24) is 0 Å². The molecule has 0 heterocycles. The van der Waals surface area contributed by atoms with Crippen LogP contribution in [0.3, 0.4) is 0 Å². The van der Waals surface area contributed by atoms with E-state index in [9.17, 15) is 0 Å². The molecule has 3 nitrogen and oxygen atoms in total. The molecule has 0 aromatic heterocycles. The van der Waals surface area contributed by atoms with Crippen LogP contribution in [0.25, 0.3) is 0 Å². The summed E-state index contributed by atoms with van der Waals surface area (Å²) in [6, 6.07) is 11.5. The van der Waals surface area contributed by atoms with Crippen LogP contribution in [-0.2, 0) is 0 Å². The molecule has 0 aliphatic carbocycles. The highest BCUT2D eigenvalue weighted by molar-refractivity contribution is 9.10. The first-order valence-corrected chi connectivity index (χ1v) is 6.65. The predicted octanol–water partition coefficient (Wildman–Crippen LogP) is 4.14. The van der Waals surface area contributed by atoms with E-state index in [1.807, 2.05) is 50.2 Å². The van der Waals surface area contributed by atoms with E-state index in [1.54, 1.807) is 0 Å². The molecule has 98 valence electrons. The highest BCUT2D eigenvalue weighted by Gasteiger charge is 2.09. The Kier molecular flexibility index (Phi) is 3.90. The maximum absolute atomic E-state index is 7.62. The third-order valence-electron chi connectivity index (χ3n) is 2.80. The van der Waals surface area contributed by atoms with Gasteiger partial charge >= 0.3 is 0 Å². The molecular weight excluding hydrogens is 304 g/mol. The number of rotatable bonds is 3. The molecule has 2 aromatic carbocycles. The van der Waals surface area contributed by atoms with Crippen LogP contribution >= 0.6 is 15.9 Å². The van der Waals surface area contributed by atoms with Crippen molar-refractivity contribution in [2.75, 3.05) is 0 Å². The van der Waals surface area contributed by atoms with Crippen molar-refractivity contribution in [3.8, 4) is 11.5 Å². The van der Waals surface area contributed by atoms with Gasteiger partial charge in [0.15, 0.2) is 0 Å². The Labute approximate surface area is 121 Å². The zero-order valence-corrected chi connectivity index (χ0v) is 12.4. The van der Waals surface area contributed by atoms with E-state index >= 15 is 0 Å². The Morgan fingerprint density at radius 1 is 1.11 bits per heavy atom. The lowest BCUT2D eigenvalue weighted by molar-refractivity contribution is 0.477. The molecule has 0 saturated heterocycles. The number of nitrogen functional groups attached to an aromatic ring is 1. The first kappa shape index (κ1) is 13.6. The van der Waals surface area contributed by atoms with Gasteiger partial charge in [-0.15, -0.1) is 0 Å². The van der Waals surface area contributed by atoms with Crippen molar-refractivity contribution < 1.29 is 4.74 Å². The molecule has 3 N–H and O–H groups in total. The Balaban J connectivity index is 2.43. The average Bonchev–Trinajstić information content (AvgIpc) is 2.35. The number of nitrogens with two attached hydrogens (primary N) is 1. The summed E-state index contributed by atoms with van der Waals surface area (Å²) in [5.41, 5.74) is 8.28. The molecule has 4 heteroatoms. The van der Waals surface area contributed by atoms with Gasteiger partial charge in [0.25, 0.3) is 0 Å². The molecule has 0 aliphatic heterocycles. The second-order valence-electron chi connectivity index (χ2n) is 4.43. The van der Waals surface area contributed by atoms with Crippen molar-refractivity contribution in [2.24, 2.45) is 5.73 Å². The van der Waals surface area contributed by atoms with Crippen LogP contribution in [0.15, 0.2) is 40.9 Å². The fourth-order valence-corrected chi connectivity index (χ4v) is 2.09. The van der Waals surface area contributed by atoms with Crippen molar-refractivity contribution in [3.05, 3.63) is 57.6 Å². The summed E-state index contributed by atoms with van der Waals surface area (Å²) in [6.45, 7) is 3.93. The van der Waals surface area contributed by atoms with Crippen LogP contribution in [0.4, 0.5) is 0 Å². The van der Waals surface area contributed by atoms with E-state index in [0.29, 0.717) is 11.3 Å². The minimum atomic E-state index is 0.00588. The Hall–Kier alpha value is -1.81. The molecule has 2 rings (SSSR count). The molecule has 0 spiro atoms. The number of halogens is 1. The standard InChI is InChI=1S/C15H15BrN2O/c1-9-3-6-13(12(7-9)15(17)18)19-14-8-11(16)5-4-10(14)2/h3-8H,1-2H3,(H3,17,18). The minimum Gasteiger partial charge on any atom is -0.456 e. The highest BCUT2D eigenvalue weighted by Crippen LogP contribution is 2.30. The first-order chi connectivity index (χ1) is 8.97. The first-order valence-electron chi connectivity index (χ1n) is 5.86. The molecule has 19 heavy (non-hydrogen) atoms. The fourth-order valence-electron chi connectivity index (χ4n) is 1.75. The molecule has 0 saturated carbocycles. The summed E-state index contributed by atoms with van der Waals surface area (Å²) < 4.78 is 6.84. The number of hydrogen-bond acceptors (Lipinski definition) is 2. The van der Waals surface area contributed by atoms with Crippen molar-refractivity contribution in [2.45, 2.75) is 13.8 Å². The summed E-state index contributed by atoms with van der Waals surface area (Å²) >= 11 is 3.42. The van der Waals surface area contributed by atoms with Crippen LogP contribution in [0, 0.1) is 19.3 Å².